The average Bonchev–Trinajstić information content (AvgIpc) is 3.62. The van der Waals surface area contributed by atoms with Crippen molar-refractivity contribution in [3.63, 3.8) is 0 Å². The summed E-state index contributed by atoms with van der Waals surface area (Å²) in [5, 5.41) is 4.75. The van der Waals surface area contributed by atoms with Crippen molar-refractivity contribution in [2.24, 2.45) is 9.98 Å². The molecule has 4 heteroatoms. The van der Waals surface area contributed by atoms with Gasteiger partial charge in [0.15, 0.2) is 0 Å². The van der Waals surface area contributed by atoms with E-state index in [1.165, 1.54) is 27.1 Å². The lowest BCUT2D eigenvalue weighted by Crippen LogP contribution is -2.14. The fourth-order valence-corrected chi connectivity index (χ4v) is 6.58. The van der Waals surface area contributed by atoms with Gasteiger partial charge >= 0.3 is 0 Å². The topological polar surface area (TPSA) is 34.6 Å². The van der Waals surface area contributed by atoms with Crippen molar-refractivity contribution >= 4 is 55.3 Å². The molecule has 4 nitrogen and oxygen atoms in total. The van der Waals surface area contributed by atoms with Crippen molar-refractivity contribution in [2.45, 2.75) is 19.9 Å². The molecule has 0 saturated heterocycles. The van der Waals surface area contributed by atoms with E-state index in [2.05, 4.69) is 163 Å². The van der Waals surface area contributed by atoms with Crippen LogP contribution in [0.2, 0.25) is 0 Å². The van der Waals surface area contributed by atoms with Gasteiger partial charge in [0.05, 0.1) is 28.1 Å². The van der Waals surface area contributed by atoms with E-state index in [4.69, 9.17) is 9.98 Å². The van der Waals surface area contributed by atoms with Gasteiger partial charge in [-0.25, -0.2) is 9.98 Å². The maximum Gasteiger partial charge on any atom is 0.230 e. The third-order valence-corrected chi connectivity index (χ3v) is 8.73. The minimum Gasteiger partial charge on any atom is -0.309 e. The molecule has 8 aromatic rings. The van der Waals surface area contributed by atoms with Gasteiger partial charge in [0.2, 0.25) is 5.96 Å². The number of nitrogens with zero attached hydrogens (tertiary/aromatic N) is 4. The number of para-hydroxylation sites is 3. The van der Waals surface area contributed by atoms with Gasteiger partial charge in [-0.1, -0.05) is 121 Å². The summed E-state index contributed by atoms with van der Waals surface area (Å²) in [6, 6.07) is 53.2. The van der Waals surface area contributed by atoms with Gasteiger partial charge in [-0.3, -0.25) is 4.57 Å². The molecule has 0 aliphatic rings. The fraction of sp³-hybridized carbons (Fsp3) is 0.0732. The van der Waals surface area contributed by atoms with Gasteiger partial charge in [-0.15, -0.1) is 0 Å². The molecule has 2 heterocycles. The van der Waals surface area contributed by atoms with E-state index in [1.807, 2.05) is 12.1 Å². The lowest BCUT2D eigenvalue weighted by atomic mass is 10.1. The zero-order valence-corrected chi connectivity index (χ0v) is 25.3. The minimum atomic E-state index is -0.102. The van der Waals surface area contributed by atoms with Crippen LogP contribution >= 0.6 is 0 Å². The van der Waals surface area contributed by atoms with Crippen LogP contribution in [0.4, 0.5) is 0 Å². The Morgan fingerprint density at radius 2 is 1.16 bits per heavy atom. The summed E-state index contributed by atoms with van der Waals surface area (Å²) in [5.41, 5.74) is 8.79. The van der Waals surface area contributed by atoms with Gasteiger partial charge in [-0.05, 0) is 55.3 Å². The molecule has 0 bridgehead atoms. The maximum absolute atomic E-state index is 5.39. The van der Waals surface area contributed by atoms with E-state index in [9.17, 15) is 0 Å². The van der Waals surface area contributed by atoms with Crippen molar-refractivity contribution < 1.29 is 0 Å². The van der Waals surface area contributed by atoms with E-state index < -0.39 is 0 Å². The highest BCUT2D eigenvalue weighted by Gasteiger charge is 2.22. The van der Waals surface area contributed by atoms with Crippen LogP contribution in [0.15, 0.2) is 162 Å². The molecule has 1 unspecified atom stereocenters. The van der Waals surface area contributed by atoms with E-state index in [-0.39, 0.29) is 6.04 Å². The Morgan fingerprint density at radius 3 is 1.89 bits per heavy atom. The van der Waals surface area contributed by atoms with Crippen LogP contribution in [0.25, 0.3) is 49.3 Å². The van der Waals surface area contributed by atoms with E-state index in [0.717, 1.165) is 39.1 Å². The summed E-state index contributed by atoms with van der Waals surface area (Å²) < 4.78 is 4.66. The number of benzene rings is 6. The maximum atomic E-state index is 5.39. The lowest BCUT2D eigenvalue weighted by molar-refractivity contribution is 0.810. The van der Waals surface area contributed by atoms with Crippen LogP contribution in [0.1, 0.15) is 31.0 Å². The SMILES string of the molecule is C/C(=N\C(=NC(C)c1ccccc1)n1c2ccccc2c2ccc3c(c4ccccc4n3-c3ccccc3)c21)c1ccccc1. The van der Waals surface area contributed by atoms with E-state index in [0.29, 0.717) is 5.96 Å². The molecular weight excluding hydrogens is 548 g/mol. The van der Waals surface area contributed by atoms with Crippen LogP contribution in [0.3, 0.4) is 0 Å². The Bertz CT molecular complexity index is 2380. The van der Waals surface area contributed by atoms with Crippen molar-refractivity contribution in [1.29, 1.82) is 0 Å². The predicted molar refractivity (Wildman–Crippen MR) is 190 cm³/mol. The molecule has 8 rings (SSSR count). The predicted octanol–water partition coefficient (Wildman–Crippen LogP) is 10.4. The molecule has 0 N–H and O–H groups in total. The zero-order valence-electron chi connectivity index (χ0n) is 25.3. The average molecular weight is 581 g/mol. The second-order valence-corrected chi connectivity index (χ2v) is 11.5. The molecule has 45 heavy (non-hydrogen) atoms. The third kappa shape index (κ3) is 4.54. The highest BCUT2D eigenvalue weighted by Crippen LogP contribution is 2.41. The molecule has 2 aromatic heterocycles. The van der Waals surface area contributed by atoms with Gasteiger partial charge < -0.3 is 4.57 Å². The standard InChI is InChI=1S/C41H32N4/c1-28(30-16-6-3-7-17-30)42-41(43-29(2)31-18-8-4-9-19-31)45-36-24-14-12-22-33(36)34-26-27-38-39(40(34)45)35-23-13-15-25-37(35)44(38)32-20-10-5-11-21-32/h3-28H,1-2H3/b42-41?,43-29+. The van der Waals surface area contributed by atoms with Crippen LogP contribution in [-0.2, 0) is 0 Å². The monoisotopic (exact) mass is 580 g/mol. The minimum absolute atomic E-state index is 0.102. The second kappa shape index (κ2) is 11.1. The molecule has 0 amide bonds. The molecule has 0 saturated carbocycles. The molecule has 0 fully saturated rings. The number of fused-ring (bicyclic) bond motifs is 7. The van der Waals surface area contributed by atoms with Crippen LogP contribution in [0, 0.1) is 0 Å². The third-order valence-electron chi connectivity index (χ3n) is 8.73. The second-order valence-electron chi connectivity index (χ2n) is 11.5. The Balaban J connectivity index is 1.52. The summed E-state index contributed by atoms with van der Waals surface area (Å²) in [6.45, 7) is 4.22. The van der Waals surface area contributed by atoms with Crippen LogP contribution in [0.5, 0.6) is 0 Å². The number of aliphatic imine (C=N–C) groups is 2. The molecule has 0 aliphatic heterocycles. The Labute approximate surface area is 262 Å². The number of hydrogen-bond donors (Lipinski definition) is 0. The molecular formula is C41H32N4. The van der Waals surface area contributed by atoms with Gasteiger partial charge in [0, 0.05) is 32.9 Å². The van der Waals surface area contributed by atoms with Crippen molar-refractivity contribution in [3.8, 4) is 5.69 Å². The molecule has 216 valence electrons. The summed E-state index contributed by atoms with van der Waals surface area (Å²) in [4.78, 5) is 10.7. The summed E-state index contributed by atoms with van der Waals surface area (Å²) in [7, 11) is 0. The van der Waals surface area contributed by atoms with Gasteiger partial charge in [-0.2, -0.15) is 0 Å². The fourth-order valence-electron chi connectivity index (χ4n) is 6.58. The smallest absolute Gasteiger partial charge is 0.230 e. The van der Waals surface area contributed by atoms with E-state index >= 15 is 0 Å². The van der Waals surface area contributed by atoms with Gasteiger partial charge in [0.1, 0.15) is 0 Å². The van der Waals surface area contributed by atoms with Crippen molar-refractivity contribution in [3.05, 3.63) is 163 Å². The number of rotatable bonds is 4. The highest BCUT2D eigenvalue weighted by atomic mass is 15.2. The molecule has 0 spiro atoms. The van der Waals surface area contributed by atoms with E-state index in [1.54, 1.807) is 0 Å². The van der Waals surface area contributed by atoms with Crippen LogP contribution in [-0.4, -0.2) is 20.8 Å². The number of hydrogen-bond acceptors (Lipinski definition) is 1. The molecule has 1 atom stereocenters. The molecule has 6 aromatic carbocycles. The summed E-state index contributed by atoms with van der Waals surface area (Å²) in [5.74, 6) is 0.669. The Kier molecular flexibility index (Phi) is 6.61. The van der Waals surface area contributed by atoms with Crippen molar-refractivity contribution in [2.75, 3.05) is 0 Å². The zero-order chi connectivity index (χ0) is 30.3. The highest BCUT2D eigenvalue weighted by molar-refractivity contribution is 6.28. The molecule has 0 radical (unpaired) electrons. The lowest BCUT2D eigenvalue weighted by Gasteiger charge is -2.14. The van der Waals surface area contributed by atoms with Crippen LogP contribution < -0.4 is 0 Å². The number of aromatic nitrogens is 2. The van der Waals surface area contributed by atoms with Gasteiger partial charge in [0.25, 0.3) is 0 Å². The normalized spacial score (nSPS) is 13.3. The Hall–Kier alpha value is -5.74. The summed E-state index contributed by atoms with van der Waals surface area (Å²) >= 11 is 0. The first-order valence-electron chi connectivity index (χ1n) is 15.4. The first kappa shape index (κ1) is 26.9. The Morgan fingerprint density at radius 1 is 0.556 bits per heavy atom. The largest absolute Gasteiger partial charge is 0.309 e. The first-order chi connectivity index (χ1) is 22.2. The quantitative estimate of drug-likeness (QED) is 0.147. The van der Waals surface area contributed by atoms with Crippen molar-refractivity contribution in [1.82, 2.24) is 9.13 Å². The summed E-state index contributed by atoms with van der Waals surface area (Å²) in [6.07, 6.45) is 0. The first-order valence-corrected chi connectivity index (χ1v) is 15.4. The molecule has 0 aliphatic carbocycles.